The van der Waals surface area contributed by atoms with Crippen LogP contribution in [-0.4, -0.2) is 43.7 Å². The normalized spacial score (nSPS) is 16.9. The summed E-state index contributed by atoms with van der Waals surface area (Å²) in [5.74, 6) is 1.17. The lowest BCUT2D eigenvalue weighted by Gasteiger charge is -2.23. The molecule has 1 atom stereocenters. The fourth-order valence-corrected chi connectivity index (χ4v) is 2.63. The highest BCUT2D eigenvalue weighted by atomic mass is 16.5. The molecule has 20 heavy (non-hydrogen) atoms. The van der Waals surface area contributed by atoms with Gasteiger partial charge in [0.15, 0.2) is 0 Å². The van der Waals surface area contributed by atoms with E-state index in [1.165, 1.54) is 5.56 Å². The summed E-state index contributed by atoms with van der Waals surface area (Å²) in [6, 6.07) is 8.14. The van der Waals surface area contributed by atoms with Crippen LogP contribution in [0.15, 0.2) is 24.3 Å². The Labute approximate surface area is 120 Å². The van der Waals surface area contributed by atoms with Crippen molar-refractivity contribution in [2.45, 2.75) is 26.2 Å². The summed E-state index contributed by atoms with van der Waals surface area (Å²) in [5.41, 5.74) is 1.25. The maximum absolute atomic E-state index is 11.7. The van der Waals surface area contributed by atoms with E-state index in [1.807, 2.05) is 25.1 Å². The van der Waals surface area contributed by atoms with E-state index in [0.717, 1.165) is 25.3 Å². The van der Waals surface area contributed by atoms with Gasteiger partial charge >= 0.3 is 5.97 Å². The molecule has 110 valence electrons. The van der Waals surface area contributed by atoms with Gasteiger partial charge in [0.2, 0.25) is 0 Å². The maximum Gasteiger partial charge on any atom is 0.320 e. The van der Waals surface area contributed by atoms with E-state index in [4.69, 9.17) is 9.47 Å². The minimum absolute atomic E-state index is 0.145. The van der Waals surface area contributed by atoms with Gasteiger partial charge in [-0.1, -0.05) is 25.1 Å². The van der Waals surface area contributed by atoms with Gasteiger partial charge in [-0.15, -0.1) is 0 Å². The Morgan fingerprint density at radius 2 is 2.20 bits per heavy atom. The summed E-state index contributed by atoms with van der Waals surface area (Å²) < 4.78 is 10.7. The second kappa shape index (κ2) is 7.29. The highest BCUT2D eigenvalue weighted by Gasteiger charge is 2.26. The van der Waals surface area contributed by atoms with Crippen LogP contribution in [0.1, 0.15) is 31.7 Å². The van der Waals surface area contributed by atoms with Crippen molar-refractivity contribution in [1.29, 1.82) is 0 Å². The minimum atomic E-state index is -0.145. The summed E-state index contributed by atoms with van der Waals surface area (Å²) in [4.78, 5) is 13.8. The fraction of sp³-hybridized carbons (Fsp3) is 0.562. The lowest BCUT2D eigenvalue weighted by atomic mass is 10.0. The molecule has 1 aliphatic rings. The number of rotatable bonds is 7. The Kier molecular flexibility index (Phi) is 5.41. The number of hydrogen-bond acceptors (Lipinski definition) is 4. The fourth-order valence-electron chi connectivity index (χ4n) is 2.63. The van der Waals surface area contributed by atoms with Crippen molar-refractivity contribution in [1.82, 2.24) is 4.90 Å². The first kappa shape index (κ1) is 14.9. The minimum Gasteiger partial charge on any atom is -0.493 e. The summed E-state index contributed by atoms with van der Waals surface area (Å²) >= 11 is 0. The van der Waals surface area contributed by atoms with Gasteiger partial charge in [0, 0.05) is 18.0 Å². The van der Waals surface area contributed by atoms with Gasteiger partial charge in [-0.2, -0.15) is 0 Å². The Hall–Kier alpha value is -1.55. The van der Waals surface area contributed by atoms with Crippen LogP contribution in [-0.2, 0) is 9.53 Å². The van der Waals surface area contributed by atoms with Crippen LogP contribution in [0.25, 0.3) is 0 Å². The molecule has 4 heteroatoms. The number of fused-ring (bicyclic) bond motifs is 1. The number of esters is 1. The molecule has 0 aliphatic carbocycles. The molecule has 0 saturated heterocycles. The van der Waals surface area contributed by atoms with Crippen molar-refractivity contribution >= 4 is 5.97 Å². The number of benzene rings is 1. The van der Waals surface area contributed by atoms with Crippen molar-refractivity contribution < 1.29 is 14.3 Å². The molecule has 1 aliphatic heterocycles. The molecule has 2 rings (SSSR count). The van der Waals surface area contributed by atoms with Crippen molar-refractivity contribution in [3.05, 3.63) is 29.8 Å². The molecule has 4 nitrogen and oxygen atoms in total. The lowest BCUT2D eigenvalue weighted by molar-refractivity contribution is -0.144. The number of nitrogens with zero attached hydrogens (tertiary/aromatic N) is 1. The van der Waals surface area contributed by atoms with Gasteiger partial charge in [-0.05, 0) is 26.0 Å². The summed E-state index contributed by atoms with van der Waals surface area (Å²) in [6.07, 6.45) is 1.02. The highest BCUT2D eigenvalue weighted by molar-refractivity contribution is 5.71. The van der Waals surface area contributed by atoms with Crippen molar-refractivity contribution in [3.63, 3.8) is 0 Å². The van der Waals surface area contributed by atoms with E-state index < -0.39 is 0 Å². The highest BCUT2D eigenvalue weighted by Crippen LogP contribution is 2.33. The molecular formula is C16H23NO3. The van der Waals surface area contributed by atoms with Gasteiger partial charge in [-0.3, -0.25) is 9.69 Å². The van der Waals surface area contributed by atoms with Crippen LogP contribution in [0.5, 0.6) is 5.75 Å². The molecule has 0 N–H and O–H groups in total. The molecule has 0 aromatic heterocycles. The van der Waals surface area contributed by atoms with E-state index in [9.17, 15) is 4.79 Å². The van der Waals surface area contributed by atoms with E-state index in [1.54, 1.807) is 0 Å². The Balaban J connectivity index is 1.97. The number of hydrogen-bond donors (Lipinski definition) is 0. The monoisotopic (exact) mass is 277 g/mol. The van der Waals surface area contributed by atoms with E-state index >= 15 is 0 Å². The average Bonchev–Trinajstić information content (AvgIpc) is 2.83. The first-order valence-electron chi connectivity index (χ1n) is 7.34. The smallest absolute Gasteiger partial charge is 0.320 e. The van der Waals surface area contributed by atoms with Crippen LogP contribution in [0.3, 0.4) is 0 Å². The zero-order valence-corrected chi connectivity index (χ0v) is 12.3. The van der Waals surface area contributed by atoms with Crippen molar-refractivity contribution in [3.8, 4) is 5.75 Å². The van der Waals surface area contributed by atoms with Crippen molar-refractivity contribution in [2.24, 2.45) is 0 Å². The SMILES string of the molecule is CCCN(CC(=O)OCC)CC1COc2ccccc21. The van der Waals surface area contributed by atoms with Gasteiger partial charge in [0.05, 0.1) is 19.8 Å². The maximum atomic E-state index is 11.7. The molecule has 1 aromatic carbocycles. The van der Waals surface area contributed by atoms with Crippen LogP contribution in [0.4, 0.5) is 0 Å². The van der Waals surface area contributed by atoms with E-state index in [0.29, 0.717) is 25.7 Å². The average molecular weight is 277 g/mol. The van der Waals surface area contributed by atoms with Gasteiger partial charge < -0.3 is 9.47 Å². The second-order valence-corrected chi connectivity index (χ2v) is 5.09. The third kappa shape index (κ3) is 3.73. The van der Waals surface area contributed by atoms with Crippen LogP contribution >= 0.6 is 0 Å². The summed E-state index contributed by atoms with van der Waals surface area (Å²) in [7, 11) is 0. The first-order valence-corrected chi connectivity index (χ1v) is 7.34. The Morgan fingerprint density at radius 1 is 1.40 bits per heavy atom. The quantitative estimate of drug-likeness (QED) is 0.718. The largest absolute Gasteiger partial charge is 0.493 e. The predicted octanol–water partition coefficient (Wildman–Crippen LogP) is 2.44. The molecular weight excluding hydrogens is 254 g/mol. The van der Waals surface area contributed by atoms with Crippen LogP contribution in [0.2, 0.25) is 0 Å². The zero-order valence-electron chi connectivity index (χ0n) is 12.3. The van der Waals surface area contributed by atoms with E-state index in [2.05, 4.69) is 17.9 Å². The van der Waals surface area contributed by atoms with Gasteiger partial charge in [0.1, 0.15) is 5.75 Å². The van der Waals surface area contributed by atoms with Crippen LogP contribution < -0.4 is 4.74 Å². The molecule has 1 unspecified atom stereocenters. The molecule has 0 fully saturated rings. The number of carbonyl (C=O) groups excluding carboxylic acids is 1. The Bertz CT molecular complexity index is 447. The molecule has 0 bridgehead atoms. The van der Waals surface area contributed by atoms with Gasteiger partial charge in [0.25, 0.3) is 0 Å². The number of ether oxygens (including phenoxy) is 2. The number of para-hydroxylation sites is 1. The molecule has 1 heterocycles. The topological polar surface area (TPSA) is 38.8 Å². The lowest BCUT2D eigenvalue weighted by Crippen LogP contribution is -2.35. The molecule has 1 aromatic rings. The molecule has 0 saturated carbocycles. The van der Waals surface area contributed by atoms with E-state index in [-0.39, 0.29) is 5.97 Å². The Morgan fingerprint density at radius 3 is 2.95 bits per heavy atom. The number of carbonyl (C=O) groups is 1. The molecule has 0 amide bonds. The first-order chi connectivity index (χ1) is 9.74. The molecule has 0 radical (unpaired) electrons. The predicted molar refractivity (Wildman–Crippen MR) is 78.0 cm³/mol. The third-order valence-electron chi connectivity index (χ3n) is 3.48. The molecule has 0 spiro atoms. The van der Waals surface area contributed by atoms with Crippen LogP contribution in [0, 0.1) is 0 Å². The standard InChI is InChI=1S/C16H23NO3/c1-3-9-17(11-16(18)19-4-2)10-13-12-20-15-8-6-5-7-14(13)15/h5-8,13H,3-4,9-12H2,1-2H3. The van der Waals surface area contributed by atoms with Crippen molar-refractivity contribution in [2.75, 3.05) is 32.8 Å². The zero-order chi connectivity index (χ0) is 14.4. The van der Waals surface area contributed by atoms with Gasteiger partial charge in [-0.25, -0.2) is 0 Å². The summed E-state index contributed by atoms with van der Waals surface area (Å²) in [5, 5.41) is 0. The summed E-state index contributed by atoms with van der Waals surface area (Å²) in [6.45, 7) is 7.19. The third-order valence-corrected chi connectivity index (χ3v) is 3.48. The second-order valence-electron chi connectivity index (χ2n) is 5.09.